The molecule has 0 bridgehead atoms. The van der Waals surface area contributed by atoms with Crippen LogP contribution in [0.1, 0.15) is 19.8 Å². The Hall–Kier alpha value is -3.30. The van der Waals surface area contributed by atoms with Crippen LogP contribution in [-0.2, 0) is 17.9 Å². The van der Waals surface area contributed by atoms with Crippen LogP contribution in [-0.4, -0.2) is 34.7 Å². The van der Waals surface area contributed by atoms with Gasteiger partial charge in [0.05, 0.1) is 34.1 Å². The van der Waals surface area contributed by atoms with Gasteiger partial charge in [0.25, 0.3) is 5.56 Å². The van der Waals surface area contributed by atoms with Gasteiger partial charge in [-0.25, -0.2) is 4.79 Å². The lowest BCUT2D eigenvalue weighted by atomic mass is 9.96. The van der Waals surface area contributed by atoms with E-state index in [2.05, 4.69) is 10.6 Å². The molecule has 3 aromatic rings. The third kappa shape index (κ3) is 4.85. The molecule has 1 aliphatic heterocycles. The third-order valence-corrected chi connectivity index (χ3v) is 7.39. The number of carbonyl (C=O) groups excluding carboxylic acids is 1. The molecule has 1 amide bonds. The average Bonchev–Trinajstić information content (AvgIpc) is 3.56. The van der Waals surface area contributed by atoms with Crippen molar-refractivity contribution < 1.29 is 9.53 Å². The normalized spacial score (nSPS) is 19.5. The van der Waals surface area contributed by atoms with E-state index >= 15 is 0 Å². The van der Waals surface area contributed by atoms with Crippen molar-refractivity contribution >= 4 is 39.8 Å². The van der Waals surface area contributed by atoms with E-state index in [0.29, 0.717) is 71.8 Å². The number of benzene rings is 2. The fraction of sp³-hybridized carbons (Fsp3) is 0.423. The molecule has 190 valence electrons. The number of aryl methyl sites for hydroxylation is 1. The minimum Gasteiger partial charge on any atom is -0.493 e. The lowest BCUT2D eigenvalue weighted by Gasteiger charge is -2.19. The molecule has 2 heterocycles. The maximum atomic E-state index is 13.2. The number of nitrogens with two attached hydrogens (primary N) is 1. The van der Waals surface area contributed by atoms with Crippen molar-refractivity contribution in [1.82, 2.24) is 14.5 Å². The van der Waals surface area contributed by atoms with E-state index in [4.69, 9.17) is 22.1 Å². The summed E-state index contributed by atoms with van der Waals surface area (Å²) in [4.78, 5) is 39.3. The van der Waals surface area contributed by atoms with Gasteiger partial charge < -0.3 is 21.1 Å². The number of ether oxygens (including phenoxy) is 1. The molecule has 1 aliphatic carbocycles. The highest BCUT2D eigenvalue weighted by atomic mass is 35.5. The fourth-order valence-corrected chi connectivity index (χ4v) is 4.95. The Morgan fingerprint density at radius 3 is 2.69 bits per heavy atom. The molecule has 0 radical (unpaired) electrons. The summed E-state index contributed by atoms with van der Waals surface area (Å²) in [5.74, 6) is 0.493. The van der Waals surface area contributed by atoms with Crippen LogP contribution in [0.4, 0.5) is 11.4 Å². The molecule has 1 saturated heterocycles. The topological polar surface area (TPSA) is 120 Å². The number of nitrogen functional groups attached to an aromatic ring is 1. The van der Waals surface area contributed by atoms with Crippen LogP contribution in [0.25, 0.3) is 10.9 Å². The first-order chi connectivity index (χ1) is 17.4. The summed E-state index contributed by atoms with van der Waals surface area (Å²) in [6, 6.07) is 10.2. The molecule has 1 aromatic heterocycles. The third-order valence-electron chi connectivity index (χ3n) is 7.06. The first-order valence-electron chi connectivity index (χ1n) is 12.3. The second-order valence-corrected chi connectivity index (χ2v) is 10.0. The van der Waals surface area contributed by atoms with Gasteiger partial charge in [-0.1, -0.05) is 11.6 Å². The SMILES string of the molecule is CCn1c(=O)n(CC2CC2)c(=O)c2cc(NC(=O)[C@@H]3CNC[C@H]3COc3ccc(N)c(Cl)c3)ccc21. The number of fused-ring (bicyclic) bond motifs is 1. The average molecular weight is 512 g/mol. The Kier molecular flexibility index (Phi) is 6.77. The van der Waals surface area contributed by atoms with Crippen molar-refractivity contribution in [2.24, 2.45) is 17.8 Å². The van der Waals surface area contributed by atoms with E-state index in [1.54, 1.807) is 41.0 Å². The molecule has 1 saturated carbocycles. The van der Waals surface area contributed by atoms with Crippen LogP contribution in [0.15, 0.2) is 46.0 Å². The summed E-state index contributed by atoms with van der Waals surface area (Å²) in [5.41, 5.74) is 6.76. The summed E-state index contributed by atoms with van der Waals surface area (Å²) in [7, 11) is 0. The Bertz CT molecular complexity index is 1430. The molecule has 2 fully saturated rings. The van der Waals surface area contributed by atoms with Gasteiger partial charge in [-0.3, -0.25) is 18.7 Å². The molecule has 2 aliphatic rings. The zero-order valence-electron chi connectivity index (χ0n) is 20.1. The van der Waals surface area contributed by atoms with Gasteiger partial charge in [0.15, 0.2) is 0 Å². The summed E-state index contributed by atoms with van der Waals surface area (Å²) in [6.07, 6.45) is 2.08. The number of halogens is 1. The number of carbonyl (C=O) groups is 1. The van der Waals surface area contributed by atoms with Gasteiger partial charge >= 0.3 is 5.69 Å². The molecule has 10 heteroatoms. The summed E-state index contributed by atoms with van der Waals surface area (Å²) >= 11 is 6.07. The predicted octanol–water partition coefficient (Wildman–Crippen LogP) is 2.68. The minimum atomic E-state index is -0.307. The minimum absolute atomic E-state index is 0.0391. The first kappa shape index (κ1) is 24.4. The van der Waals surface area contributed by atoms with E-state index in [1.165, 1.54) is 4.57 Å². The van der Waals surface area contributed by atoms with E-state index in [9.17, 15) is 14.4 Å². The highest BCUT2D eigenvalue weighted by Gasteiger charge is 2.33. The second-order valence-electron chi connectivity index (χ2n) is 9.63. The molecular weight excluding hydrogens is 482 g/mol. The van der Waals surface area contributed by atoms with Crippen molar-refractivity contribution in [3.63, 3.8) is 0 Å². The van der Waals surface area contributed by atoms with Crippen molar-refractivity contribution in [3.8, 4) is 5.75 Å². The Labute approximate surface area is 213 Å². The van der Waals surface area contributed by atoms with Gasteiger partial charge in [-0.2, -0.15) is 0 Å². The van der Waals surface area contributed by atoms with Crippen LogP contribution in [0, 0.1) is 17.8 Å². The summed E-state index contributed by atoms with van der Waals surface area (Å²) in [6.45, 7) is 4.31. The summed E-state index contributed by atoms with van der Waals surface area (Å²) < 4.78 is 8.83. The lowest BCUT2D eigenvalue weighted by molar-refractivity contribution is -0.120. The van der Waals surface area contributed by atoms with Crippen molar-refractivity contribution in [1.29, 1.82) is 0 Å². The van der Waals surface area contributed by atoms with Crippen LogP contribution >= 0.6 is 11.6 Å². The van der Waals surface area contributed by atoms with Crippen LogP contribution in [0.3, 0.4) is 0 Å². The zero-order valence-corrected chi connectivity index (χ0v) is 20.9. The molecule has 0 unspecified atom stereocenters. The predicted molar refractivity (Wildman–Crippen MR) is 141 cm³/mol. The summed E-state index contributed by atoms with van der Waals surface area (Å²) in [5, 5.41) is 7.08. The molecule has 2 atom stereocenters. The highest BCUT2D eigenvalue weighted by molar-refractivity contribution is 6.33. The number of amides is 1. The molecule has 36 heavy (non-hydrogen) atoms. The number of nitrogens with zero attached hydrogens (tertiary/aromatic N) is 2. The van der Waals surface area contributed by atoms with E-state index in [0.717, 1.165) is 12.8 Å². The standard InChI is InChI=1S/C26H30ClN5O4/c1-2-31-23-8-5-17(9-19(23)25(34)32(26(31)35)13-15-3-4-15)30-24(33)20-12-29-11-16(20)14-36-18-6-7-22(28)21(27)10-18/h5-10,15-16,20,29H,2-4,11-14,28H2,1H3,(H,30,33)/t16-,20+/m0/s1. The first-order valence-corrected chi connectivity index (χ1v) is 12.7. The van der Waals surface area contributed by atoms with Gasteiger partial charge in [0, 0.05) is 43.9 Å². The lowest BCUT2D eigenvalue weighted by Crippen LogP contribution is -2.40. The monoisotopic (exact) mass is 511 g/mol. The quantitative estimate of drug-likeness (QED) is 0.400. The van der Waals surface area contributed by atoms with Crippen LogP contribution in [0.2, 0.25) is 5.02 Å². The van der Waals surface area contributed by atoms with Crippen LogP contribution in [0.5, 0.6) is 5.75 Å². The number of aromatic nitrogens is 2. The fourth-order valence-electron chi connectivity index (χ4n) is 4.78. The Morgan fingerprint density at radius 1 is 1.17 bits per heavy atom. The van der Waals surface area contributed by atoms with Gasteiger partial charge in [0.2, 0.25) is 5.91 Å². The van der Waals surface area contributed by atoms with E-state index in [1.807, 2.05) is 6.92 Å². The van der Waals surface area contributed by atoms with E-state index in [-0.39, 0.29) is 29.0 Å². The number of hydrogen-bond donors (Lipinski definition) is 3. The molecule has 2 aromatic carbocycles. The molecule has 9 nitrogen and oxygen atoms in total. The second kappa shape index (κ2) is 9.99. The maximum absolute atomic E-state index is 13.2. The number of nitrogens with one attached hydrogen (secondary N) is 2. The Balaban J connectivity index is 1.34. The highest BCUT2D eigenvalue weighted by Crippen LogP contribution is 2.30. The molecule has 4 N–H and O–H groups in total. The van der Waals surface area contributed by atoms with Gasteiger partial charge in [-0.15, -0.1) is 0 Å². The smallest absolute Gasteiger partial charge is 0.331 e. The van der Waals surface area contributed by atoms with Crippen LogP contribution < -0.4 is 32.4 Å². The largest absolute Gasteiger partial charge is 0.493 e. The Morgan fingerprint density at radius 2 is 1.97 bits per heavy atom. The molecule has 0 spiro atoms. The van der Waals surface area contributed by atoms with Crippen molar-refractivity contribution in [2.45, 2.75) is 32.9 Å². The van der Waals surface area contributed by atoms with Crippen molar-refractivity contribution in [3.05, 3.63) is 62.3 Å². The number of rotatable bonds is 8. The van der Waals surface area contributed by atoms with Crippen molar-refractivity contribution in [2.75, 3.05) is 30.7 Å². The number of hydrogen-bond acceptors (Lipinski definition) is 6. The molecule has 5 rings (SSSR count). The van der Waals surface area contributed by atoms with Gasteiger partial charge in [0.1, 0.15) is 5.75 Å². The zero-order chi connectivity index (χ0) is 25.4. The molecular formula is C26H30ClN5O4. The number of anilines is 2. The van der Waals surface area contributed by atoms with Gasteiger partial charge in [-0.05, 0) is 56.0 Å². The van der Waals surface area contributed by atoms with E-state index < -0.39 is 0 Å². The maximum Gasteiger partial charge on any atom is 0.331 e.